The second-order valence-corrected chi connectivity index (χ2v) is 4.81. The second-order valence-electron chi connectivity index (χ2n) is 4.81. The number of hydrogen-bond acceptors (Lipinski definition) is 1. The van der Waals surface area contributed by atoms with Gasteiger partial charge in [0.1, 0.15) is 0 Å². The molecule has 0 spiro atoms. The van der Waals surface area contributed by atoms with Gasteiger partial charge in [0.05, 0.1) is 5.52 Å². The Morgan fingerprint density at radius 1 is 1.28 bits per heavy atom. The number of fused-ring (bicyclic) bond motifs is 1. The molecule has 1 heterocycles. The first kappa shape index (κ1) is 12.8. The van der Waals surface area contributed by atoms with E-state index in [9.17, 15) is 0 Å². The van der Waals surface area contributed by atoms with Crippen molar-refractivity contribution in [3.63, 3.8) is 0 Å². The summed E-state index contributed by atoms with van der Waals surface area (Å²) < 4.78 is 0. The number of allylic oxidation sites excluding steroid dienone is 1. The summed E-state index contributed by atoms with van der Waals surface area (Å²) in [4.78, 5) is 4.57. The van der Waals surface area contributed by atoms with E-state index in [0.29, 0.717) is 5.92 Å². The van der Waals surface area contributed by atoms with Crippen molar-refractivity contribution in [3.8, 4) is 0 Å². The largest absolute Gasteiger partial charge is 0.256 e. The van der Waals surface area contributed by atoms with E-state index in [1.807, 2.05) is 18.3 Å². The zero-order chi connectivity index (χ0) is 12.8. The van der Waals surface area contributed by atoms with Gasteiger partial charge in [-0.2, -0.15) is 0 Å². The van der Waals surface area contributed by atoms with Crippen molar-refractivity contribution >= 4 is 10.9 Å². The third-order valence-corrected chi connectivity index (χ3v) is 3.44. The molecule has 1 aromatic carbocycles. The molecule has 1 unspecified atom stereocenters. The highest BCUT2D eigenvalue weighted by molar-refractivity contribution is 5.78. The van der Waals surface area contributed by atoms with Gasteiger partial charge >= 0.3 is 0 Å². The van der Waals surface area contributed by atoms with Crippen molar-refractivity contribution < 1.29 is 0 Å². The second kappa shape index (κ2) is 6.34. The number of para-hydroxylation sites is 1. The van der Waals surface area contributed by atoms with Crippen molar-refractivity contribution in [1.29, 1.82) is 0 Å². The molecule has 0 radical (unpaired) electrons. The highest BCUT2D eigenvalue weighted by Gasteiger charge is 2.10. The lowest BCUT2D eigenvalue weighted by molar-refractivity contribution is 0.573. The molecule has 2 rings (SSSR count). The first-order chi connectivity index (χ1) is 8.85. The molecule has 18 heavy (non-hydrogen) atoms. The molecule has 0 amide bonds. The number of pyridine rings is 1. The molecular formula is C17H21N. The molecule has 0 aliphatic rings. The third-order valence-electron chi connectivity index (χ3n) is 3.44. The van der Waals surface area contributed by atoms with E-state index < -0.39 is 0 Å². The monoisotopic (exact) mass is 239 g/mol. The van der Waals surface area contributed by atoms with Gasteiger partial charge in [0, 0.05) is 11.6 Å². The molecule has 1 nitrogen and oxygen atoms in total. The Balaban J connectivity index is 2.28. The topological polar surface area (TPSA) is 12.9 Å². The summed E-state index contributed by atoms with van der Waals surface area (Å²) in [5.74, 6) is 0.616. The quantitative estimate of drug-likeness (QED) is 0.640. The van der Waals surface area contributed by atoms with Crippen LogP contribution in [0, 0.1) is 0 Å². The standard InChI is InChI=1S/C17H21N/c1-3-5-9-14(8-4-2)16-12-15-10-6-7-11-17(15)18-13-16/h3,6-7,10-14H,1,4-5,8-9H2,2H3. The maximum absolute atomic E-state index is 4.57. The molecule has 1 atom stereocenters. The molecule has 94 valence electrons. The Morgan fingerprint density at radius 3 is 2.89 bits per heavy atom. The maximum Gasteiger partial charge on any atom is 0.0702 e. The smallest absolute Gasteiger partial charge is 0.0702 e. The zero-order valence-electron chi connectivity index (χ0n) is 11.1. The van der Waals surface area contributed by atoms with Crippen molar-refractivity contribution in [2.75, 3.05) is 0 Å². The highest BCUT2D eigenvalue weighted by atomic mass is 14.6. The lowest BCUT2D eigenvalue weighted by Crippen LogP contribution is -1.99. The van der Waals surface area contributed by atoms with Gasteiger partial charge in [0.25, 0.3) is 0 Å². The minimum absolute atomic E-state index is 0.616. The van der Waals surface area contributed by atoms with E-state index in [0.717, 1.165) is 11.9 Å². The van der Waals surface area contributed by atoms with Crippen LogP contribution in [-0.2, 0) is 0 Å². The van der Waals surface area contributed by atoms with Crippen LogP contribution in [0.1, 0.15) is 44.1 Å². The molecule has 2 aromatic rings. The van der Waals surface area contributed by atoms with Crippen LogP contribution in [0.25, 0.3) is 10.9 Å². The molecule has 0 fully saturated rings. The first-order valence-corrected chi connectivity index (χ1v) is 6.80. The number of nitrogens with zero attached hydrogens (tertiary/aromatic N) is 1. The minimum Gasteiger partial charge on any atom is -0.256 e. The molecule has 0 saturated heterocycles. The summed E-state index contributed by atoms with van der Waals surface area (Å²) >= 11 is 0. The van der Waals surface area contributed by atoms with Crippen molar-refractivity contribution in [3.05, 3.63) is 54.7 Å². The predicted octanol–water partition coefficient (Wildman–Crippen LogP) is 5.08. The van der Waals surface area contributed by atoms with E-state index in [2.05, 4.69) is 42.8 Å². The van der Waals surface area contributed by atoms with Crippen LogP contribution in [0.15, 0.2) is 49.2 Å². The first-order valence-electron chi connectivity index (χ1n) is 6.80. The van der Waals surface area contributed by atoms with Gasteiger partial charge < -0.3 is 0 Å². The van der Waals surface area contributed by atoms with Crippen LogP contribution in [0.2, 0.25) is 0 Å². The average molecular weight is 239 g/mol. The minimum atomic E-state index is 0.616. The van der Waals surface area contributed by atoms with E-state index in [1.54, 1.807) is 0 Å². The summed E-state index contributed by atoms with van der Waals surface area (Å²) in [6.45, 7) is 6.07. The van der Waals surface area contributed by atoms with Crippen molar-refractivity contribution in [2.45, 2.75) is 38.5 Å². The van der Waals surface area contributed by atoms with Gasteiger partial charge in [0.2, 0.25) is 0 Å². The number of hydrogen-bond donors (Lipinski definition) is 0. The average Bonchev–Trinajstić information content (AvgIpc) is 2.43. The molecular weight excluding hydrogens is 218 g/mol. The van der Waals surface area contributed by atoms with E-state index in [4.69, 9.17) is 0 Å². The molecule has 0 saturated carbocycles. The fraction of sp³-hybridized carbons (Fsp3) is 0.353. The van der Waals surface area contributed by atoms with Crippen LogP contribution in [0.4, 0.5) is 0 Å². The van der Waals surface area contributed by atoms with E-state index >= 15 is 0 Å². The molecule has 0 aliphatic carbocycles. The lowest BCUT2D eigenvalue weighted by atomic mass is 9.90. The number of rotatable bonds is 6. The Morgan fingerprint density at radius 2 is 2.11 bits per heavy atom. The summed E-state index contributed by atoms with van der Waals surface area (Å²) in [6.07, 6.45) is 8.76. The van der Waals surface area contributed by atoms with Gasteiger partial charge in [-0.25, -0.2) is 0 Å². The van der Waals surface area contributed by atoms with Gasteiger partial charge in [-0.1, -0.05) is 37.6 Å². The molecule has 1 heteroatoms. The SMILES string of the molecule is C=CCCC(CCC)c1cnc2ccccc2c1. The summed E-state index contributed by atoms with van der Waals surface area (Å²) in [5.41, 5.74) is 2.46. The Bertz CT molecular complexity index is 516. The summed E-state index contributed by atoms with van der Waals surface area (Å²) in [7, 11) is 0. The Labute approximate surface area is 110 Å². The molecule has 0 aliphatic heterocycles. The van der Waals surface area contributed by atoms with E-state index in [-0.39, 0.29) is 0 Å². The summed E-state index contributed by atoms with van der Waals surface area (Å²) in [6, 6.07) is 10.6. The van der Waals surface area contributed by atoms with Gasteiger partial charge in [-0.15, -0.1) is 6.58 Å². The highest BCUT2D eigenvalue weighted by Crippen LogP contribution is 2.28. The van der Waals surface area contributed by atoms with Crippen molar-refractivity contribution in [1.82, 2.24) is 4.98 Å². The molecule has 0 N–H and O–H groups in total. The van der Waals surface area contributed by atoms with Crippen LogP contribution in [0.3, 0.4) is 0 Å². The third kappa shape index (κ3) is 2.98. The fourth-order valence-electron chi connectivity index (χ4n) is 2.46. The zero-order valence-corrected chi connectivity index (χ0v) is 11.1. The van der Waals surface area contributed by atoms with Gasteiger partial charge in [-0.3, -0.25) is 4.98 Å². The van der Waals surface area contributed by atoms with Crippen LogP contribution in [0.5, 0.6) is 0 Å². The molecule has 0 bridgehead atoms. The Hall–Kier alpha value is -1.63. The number of aromatic nitrogens is 1. The van der Waals surface area contributed by atoms with Crippen LogP contribution < -0.4 is 0 Å². The van der Waals surface area contributed by atoms with Crippen LogP contribution in [-0.4, -0.2) is 4.98 Å². The van der Waals surface area contributed by atoms with Crippen LogP contribution >= 0.6 is 0 Å². The number of benzene rings is 1. The predicted molar refractivity (Wildman–Crippen MR) is 78.8 cm³/mol. The normalized spacial score (nSPS) is 12.5. The fourth-order valence-corrected chi connectivity index (χ4v) is 2.46. The van der Waals surface area contributed by atoms with Crippen molar-refractivity contribution in [2.24, 2.45) is 0 Å². The summed E-state index contributed by atoms with van der Waals surface area (Å²) in [5, 5.41) is 1.25. The lowest BCUT2D eigenvalue weighted by Gasteiger charge is -2.16. The van der Waals surface area contributed by atoms with E-state index in [1.165, 1.54) is 30.2 Å². The molecule has 1 aromatic heterocycles. The maximum atomic E-state index is 4.57. The van der Waals surface area contributed by atoms with Gasteiger partial charge in [0.15, 0.2) is 0 Å². The van der Waals surface area contributed by atoms with Gasteiger partial charge in [-0.05, 0) is 42.9 Å². The Kier molecular flexibility index (Phi) is 4.52.